The lowest BCUT2D eigenvalue weighted by Gasteiger charge is -2.11. The second kappa shape index (κ2) is 7.37. The molecule has 0 aliphatic carbocycles. The number of nitro benzene ring substituents is 1. The smallest absolute Gasteiger partial charge is 0.258 e. The van der Waals surface area contributed by atoms with E-state index in [4.69, 9.17) is 11.6 Å². The first-order valence-electron chi connectivity index (χ1n) is 6.37. The normalized spacial score (nSPS) is 12.7. The summed E-state index contributed by atoms with van der Waals surface area (Å²) < 4.78 is 0. The number of hydrogen-bond acceptors (Lipinski definition) is 2. The molecule has 0 saturated heterocycles. The van der Waals surface area contributed by atoms with Gasteiger partial charge in [0.1, 0.15) is 0 Å². The molecule has 1 aromatic carbocycles. The van der Waals surface area contributed by atoms with E-state index in [9.17, 15) is 10.1 Å². The molecular weight excluding hydrogens is 250 g/mol. The predicted molar refractivity (Wildman–Crippen MR) is 75.1 cm³/mol. The summed E-state index contributed by atoms with van der Waals surface area (Å²) in [7, 11) is 0. The minimum atomic E-state index is -0.318. The largest absolute Gasteiger partial charge is 0.272 e. The van der Waals surface area contributed by atoms with Crippen molar-refractivity contribution in [3.05, 3.63) is 39.9 Å². The Bertz CT molecular complexity index is 393. The number of nitro groups is 1. The molecule has 0 aliphatic rings. The third kappa shape index (κ3) is 5.05. The maximum Gasteiger partial charge on any atom is 0.272 e. The molecule has 0 fully saturated rings. The minimum Gasteiger partial charge on any atom is -0.258 e. The summed E-state index contributed by atoms with van der Waals surface area (Å²) >= 11 is 6.21. The fourth-order valence-electron chi connectivity index (χ4n) is 2.04. The van der Waals surface area contributed by atoms with E-state index in [1.165, 1.54) is 0 Å². The van der Waals surface area contributed by atoms with Crippen molar-refractivity contribution >= 4 is 17.3 Å². The molecule has 0 amide bonds. The van der Waals surface area contributed by atoms with E-state index in [2.05, 4.69) is 13.8 Å². The van der Waals surface area contributed by atoms with Crippen LogP contribution in [0, 0.1) is 16.0 Å². The van der Waals surface area contributed by atoms with Gasteiger partial charge < -0.3 is 0 Å². The number of benzene rings is 1. The molecule has 0 N–H and O–H groups in total. The highest BCUT2D eigenvalue weighted by Crippen LogP contribution is 2.22. The Morgan fingerprint density at radius 2 is 2.00 bits per heavy atom. The van der Waals surface area contributed by atoms with E-state index in [1.807, 2.05) is 12.1 Å². The van der Waals surface area contributed by atoms with E-state index in [-0.39, 0.29) is 16.0 Å². The average Bonchev–Trinajstić information content (AvgIpc) is 2.28. The highest BCUT2D eigenvalue weighted by molar-refractivity contribution is 6.20. The summed E-state index contributed by atoms with van der Waals surface area (Å²) in [5.74, 6) is 0.596. The van der Waals surface area contributed by atoms with E-state index in [0.29, 0.717) is 5.92 Å². The number of hydrogen-bond donors (Lipinski definition) is 0. The zero-order valence-corrected chi connectivity index (χ0v) is 11.7. The molecule has 4 heteroatoms. The molecule has 0 bridgehead atoms. The van der Waals surface area contributed by atoms with Crippen molar-refractivity contribution in [2.45, 2.75) is 44.9 Å². The molecule has 100 valence electrons. The second-order valence-corrected chi connectivity index (χ2v) is 5.62. The van der Waals surface area contributed by atoms with Crippen molar-refractivity contribution in [1.29, 1.82) is 0 Å². The van der Waals surface area contributed by atoms with Gasteiger partial charge in [-0.1, -0.05) is 32.0 Å². The average molecular weight is 270 g/mol. The number of halogens is 1. The Morgan fingerprint density at radius 3 is 2.61 bits per heavy atom. The van der Waals surface area contributed by atoms with Crippen LogP contribution < -0.4 is 0 Å². The molecule has 3 nitrogen and oxygen atoms in total. The van der Waals surface area contributed by atoms with Crippen LogP contribution in [0.4, 0.5) is 5.69 Å². The lowest BCUT2D eigenvalue weighted by molar-refractivity contribution is -0.385. The SMILES string of the molecule is CC(C)CC(Cl)CCCc1ccccc1[N+](=O)[O-]. The third-order valence-electron chi connectivity index (χ3n) is 2.88. The first kappa shape index (κ1) is 15.0. The minimum absolute atomic E-state index is 0.174. The monoisotopic (exact) mass is 269 g/mol. The highest BCUT2D eigenvalue weighted by Gasteiger charge is 2.13. The van der Waals surface area contributed by atoms with Crippen LogP contribution in [0.15, 0.2) is 24.3 Å². The molecule has 0 spiro atoms. The fraction of sp³-hybridized carbons (Fsp3) is 0.571. The summed E-state index contributed by atoms with van der Waals surface area (Å²) in [6, 6.07) is 6.92. The summed E-state index contributed by atoms with van der Waals surface area (Å²) in [4.78, 5) is 10.5. The second-order valence-electron chi connectivity index (χ2n) is 5.00. The van der Waals surface area contributed by atoms with Crippen LogP contribution in [-0.4, -0.2) is 10.3 Å². The van der Waals surface area contributed by atoms with E-state index in [0.717, 1.165) is 31.2 Å². The Hall–Kier alpha value is -1.09. The Morgan fingerprint density at radius 1 is 1.33 bits per heavy atom. The van der Waals surface area contributed by atoms with Crippen molar-refractivity contribution in [2.75, 3.05) is 0 Å². The van der Waals surface area contributed by atoms with Gasteiger partial charge in [0.25, 0.3) is 5.69 Å². The quantitative estimate of drug-likeness (QED) is 0.413. The topological polar surface area (TPSA) is 43.1 Å². The van der Waals surface area contributed by atoms with Gasteiger partial charge >= 0.3 is 0 Å². The van der Waals surface area contributed by atoms with Crippen LogP contribution >= 0.6 is 11.6 Å². The summed E-state index contributed by atoms with van der Waals surface area (Å²) in [6.45, 7) is 4.30. The predicted octanol–water partition coefficient (Wildman–Crippen LogP) is 4.57. The first-order valence-corrected chi connectivity index (χ1v) is 6.80. The van der Waals surface area contributed by atoms with Gasteiger partial charge in [0.05, 0.1) is 4.92 Å². The van der Waals surface area contributed by atoms with Gasteiger partial charge in [-0.3, -0.25) is 10.1 Å². The molecule has 1 unspecified atom stereocenters. The van der Waals surface area contributed by atoms with E-state index < -0.39 is 0 Å². The van der Waals surface area contributed by atoms with Crippen molar-refractivity contribution in [2.24, 2.45) is 5.92 Å². The summed E-state index contributed by atoms with van der Waals surface area (Å²) in [5.41, 5.74) is 1.02. The number of para-hydroxylation sites is 1. The lowest BCUT2D eigenvalue weighted by atomic mass is 10.0. The van der Waals surface area contributed by atoms with Gasteiger partial charge in [0.2, 0.25) is 0 Å². The van der Waals surface area contributed by atoms with Crippen LogP contribution in [0.25, 0.3) is 0 Å². The number of alkyl halides is 1. The molecule has 0 aliphatic heterocycles. The zero-order chi connectivity index (χ0) is 13.5. The maximum atomic E-state index is 10.8. The summed E-state index contributed by atoms with van der Waals surface area (Å²) in [6.07, 6.45) is 3.52. The molecule has 1 atom stereocenters. The van der Waals surface area contributed by atoms with E-state index >= 15 is 0 Å². The number of nitrogens with zero attached hydrogens (tertiary/aromatic N) is 1. The molecule has 0 heterocycles. The zero-order valence-electron chi connectivity index (χ0n) is 10.9. The molecular formula is C14H20ClNO2. The van der Waals surface area contributed by atoms with Gasteiger partial charge in [0.15, 0.2) is 0 Å². The molecule has 1 aromatic rings. The van der Waals surface area contributed by atoms with Gasteiger partial charge in [-0.05, 0) is 31.6 Å². The van der Waals surface area contributed by atoms with Crippen molar-refractivity contribution in [3.63, 3.8) is 0 Å². The standard InChI is InChI=1S/C14H20ClNO2/c1-11(2)10-13(15)8-5-7-12-6-3-4-9-14(12)16(17)18/h3-4,6,9,11,13H,5,7-8,10H2,1-2H3. The van der Waals surface area contributed by atoms with E-state index in [1.54, 1.807) is 12.1 Å². The van der Waals surface area contributed by atoms with Gasteiger partial charge in [-0.2, -0.15) is 0 Å². The Kier molecular flexibility index (Phi) is 6.13. The lowest BCUT2D eigenvalue weighted by Crippen LogP contribution is -2.04. The van der Waals surface area contributed by atoms with Gasteiger partial charge in [-0.15, -0.1) is 11.6 Å². The maximum absolute atomic E-state index is 10.8. The Balaban J connectivity index is 2.46. The molecule has 1 rings (SSSR count). The number of aryl methyl sites for hydroxylation is 1. The molecule has 0 saturated carbocycles. The Labute approximate surface area is 113 Å². The van der Waals surface area contributed by atoms with Crippen molar-refractivity contribution in [1.82, 2.24) is 0 Å². The molecule has 0 radical (unpaired) electrons. The van der Waals surface area contributed by atoms with Gasteiger partial charge in [-0.25, -0.2) is 0 Å². The molecule has 0 aromatic heterocycles. The molecule has 18 heavy (non-hydrogen) atoms. The van der Waals surface area contributed by atoms with Crippen LogP contribution in [0.1, 0.15) is 38.7 Å². The van der Waals surface area contributed by atoms with Crippen molar-refractivity contribution < 1.29 is 4.92 Å². The van der Waals surface area contributed by atoms with Crippen LogP contribution in [0.3, 0.4) is 0 Å². The third-order valence-corrected chi connectivity index (χ3v) is 3.28. The number of rotatable bonds is 7. The van der Waals surface area contributed by atoms with Crippen molar-refractivity contribution in [3.8, 4) is 0 Å². The van der Waals surface area contributed by atoms with Gasteiger partial charge in [0, 0.05) is 17.0 Å². The highest BCUT2D eigenvalue weighted by atomic mass is 35.5. The van der Waals surface area contributed by atoms with Crippen LogP contribution in [0.5, 0.6) is 0 Å². The summed E-state index contributed by atoms with van der Waals surface area (Å²) in [5, 5.41) is 11.0. The van der Waals surface area contributed by atoms with Crippen LogP contribution in [0.2, 0.25) is 0 Å². The first-order chi connectivity index (χ1) is 8.50. The fourth-order valence-corrected chi connectivity index (χ4v) is 2.55. The van der Waals surface area contributed by atoms with Crippen LogP contribution in [-0.2, 0) is 6.42 Å².